The molecule has 0 saturated heterocycles. The fourth-order valence-electron chi connectivity index (χ4n) is 9.52. The summed E-state index contributed by atoms with van der Waals surface area (Å²) in [5.74, 6) is -1.01. The monoisotopic (exact) mass is 1030 g/mol. The van der Waals surface area contributed by atoms with Crippen LogP contribution in [0.3, 0.4) is 0 Å². The Balaban J connectivity index is 4.31. The number of carbonyl (C=O) groups excluding carboxylic acids is 3. The van der Waals surface area contributed by atoms with Crippen LogP contribution in [0.5, 0.6) is 0 Å². The molecule has 0 aromatic carbocycles. The first-order valence-corrected chi connectivity index (χ1v) is 32.3. The zero-order chi connectivity index (χ0) is 53.6. The van der Waals surface area contributed by atoms with E-state index in [0.717, 1.165) is 70.6 Å². The van der Waals surface area contributed by atoms with Gasteiger partial charge in [0.05, 0.1) is 6.42 Å². The molecule has 430 valence electrons. The van der Waals surface area contributed by atoms with Crippen LogP contribution in [0.15, 0.2) is 60.8 Å². The van der Waals surface area contributed by atoms with Gasteiger partial charge in [-0.05, 0) is 44.9 Å². The van der Waals surface area contributed by atoms with E-state index in [9.17, 15) is 14.4 Å². The SMILES string of the molecule is CC/C=C\C/C=C\C/C=C\C/C=C\C/C=C\CC(=O)OCC(COC(=O)CCCCCCCCCCCCCCCCCCCCCCCCCCC)OC(=O)CCCCCCCCCCCCCCCCCC. The van der Waals surface area contributed by atoms with Gasteiger partial charge in [-0.1, -0.05) is 332 Å². The van der Waals surface area contributed by atoms with E-state index in [0.29, 0.717) is 12.8 Å². The lowest BCUT2D eigenvalue weighted by Gasteiger charge is -2.18. The summed E-state index contributed by atoms with van der Waals surface area (Å²) in [6, 6.07) is 0. The van der Waals surface area contributed by atoms with E-state index >= 15 is 0 Å². The molecule has 0 spiro atoms. The molecule has 0 fully saturated rings. The van der Waals surface area contributed by atoms with Crippen molar-refractivity contribution in [3.63, 3.8) is 0 Å². The van der Waals surface area contributed by atoms with E-state index in [-0.39, 0.29) is 31.6 Å². The minimum absolute atomic E-state index is 0.0993. The number of ether oxygens (including phenoxy) is 3. The van der Waals surface area contributed by atoms with Crippen LogP contribution in [-0.2, 0) is 28.6 Å². The van der Waals surface area contributed by atoms with Crippen molar-refractivity contribution in [2.45, 2.75) is 341 Å². The largest absolute Gasteiger partial charge is 0.462 e. The number of hydrogen-bond acceptors (Lipinski definition) is 6. The van der Waals surface area contributed by atoms with Crippen LogP contribution in [0.2, 0.25) is 0 Å². The molecule has 0 heterocycles. The zero-order valence-corrected chi connectivity index (χ0v) is 49.4. The average molecular weight is 1040 g/mol. The highest BCUT2D eigenvalue weighted by Gasteiger charge is 2.19. The summed E-state index contributed by atoms with van der Waals surface area (Å²) in [6.07, 6.45) is 79.8. The molecule has 0 aliphatic heterocycles. The number of unbranched alkanes of at least 4 members (excludes halogenated alkanes) is 39. The minimum atomic E-state index is -0.811. The van der Waals surface area contributed by atoms with Crippen molar-refractivity contribution in [1.29, 1.82) is 0 Å². The molecular formula is C68H122O6. The molecule has 6 heteroatoms. The molecule has 6 nitrogen and oxygen atoms in total. The molecule has 0 aromatic heterocycles. The summed E-state index contributed by atoms with van der Waals surface area (Å²) in [7, 11) is 0. The lowest BCUT2D eigenvalue weighted by Crippen LogP contribution is -2.30. The molecule has 1 atom stereocenters. The molecular weight excluding hydrogens is 913 g/mol. The van der Waals surface area contributed by atoms with Gasteiger partial charge >= 0.3 is 17.9 Å². The third-order valence-electron chi connectivity index (χ3n) is 14.3. The van der Waals surface area contributed by atoms with E-state index in [1.807, 2.05) is 12.2 Å². The van der Waals surface area contributed by atoms with Crippen molar-refractivity contribution in [2.24, 2.45) is 0 Å². The maximum Gasteiger partial charge on any atom is 0.309 e. The fraction of sp³-hybridized carbons (Fsp3) is 0.809. The average Bonchev–Trinajstić information content (AvgIpc) is 3.40. The first kappa shape index (κ1) is 71.1. The lowest BCUT2D eigenvalue weighted by atomic mass is 10.0. The second-order valence-electron chi connectivity index (χ2n) is 21.7. The fourth-order valence-corrected chi connectivity index (χ4v) is 9.52. The molecule has 0 amide bonds. The van der Waals surface area contributed by atoms with Crippen LogP contribution in [0.25, 0.3) is 0 Å². The molecule has 0 aliphatic rings. The number of esters is 3. The van der Waals surface area contributed by atoms with Crippen LogP contribution in [0, 0.1) is 0 Å². The summed E-state index contributed by atoms with van der Waals surface area (Å²) < 4.78 is 16.8. The van der Waals surface area contributed by atoms with Gasteiger partial charge in [-0.25, -0.2) is 0 Å². The smallest absolute Gasteiger partial charge is 0.309 e. The second-order valence-corrected chi connectivity index (χ2v) is 21.7. The summed E-state index contributed by atoms with van der Waals surface area (Å²) in [5.41, 5.74) is 0. The number of carbonyl (C=O) groups is 3. The quantitative estimate of drug-likeness (QED) is 0.0261. The van der Waals surface area contributed by atoms with Crippen molar-refractivity contribution >= 4 is 17.9 Å². The first-order chi connectivity index (χ1) is 36.5. The molecule has 0 bridgehead atoms. The minimum Gasteiger partial charge on any atom is -0.462 e. The number of allylic oxidation sites excluding steroid dienone is 9. The van der Waals surface area contributed by atoms with Gasteiger partial charge in [0.25, 0.3) is 0 Å². The summed E-state index contributed by atoms with van der Waals surface area (Å²) >= 11 is 0. The van der Waals surface area contributed by atoms with Crippen molar-refractivity contribution in [3.05, 3.63) is 60.8 Å². The van der Waals surface area contributed by atoms with E-state index in [1.54, 1.807) is 0 Å². The summed E-state index contributed by atoms with van der Waals surface area (Å²) in [4.78, 5) is 38.2. The highest BCUT2D eigenvalue weighted by molar-refractivity contribution is 5.72. The second kappa shape index (κ2) is 62.6. The summed E-state index contributed by atoms with van der Waals surface area (Å²) in [6.45, 7) is 6.49. The Labute approximate surface area is 460 Å². The lowest BCUT2D eigenvalue weighted by molar-refractivity contribution is -0.166. The van der Waals surface area contributed by atoms with Crippen molar-refractivity contribution < 1.29 is 28.6 Å². The van der Waals surface area contributed by atoms with Crippen molar-refractivity contribution in [2.75, 3.05) is 13.2 Å². The van der Waals surface area contributed by atoms with Gasteiger partial charge in [0.2, 0.25) is 0 Å². The van der Waals surface area contributed by atoms with Crippen LogP contribution in [-0.4, -0.2) is 37.2 Å². The molecule has 0 saturated carbocycles. The Morgan fingerprint density at radius 1 is 0.284 bits per heavy atom. The number of rotatable bonds is 59. The molecule has 74 heavy (non-hydrogen) atoms. The van der Waals surface area contributed by atoms with E-state index in [4.69, 9.17) is 14.2 Å². The Morgan fingerprint density at radius 2 is 0.527 bits per heavy atom. The normalized spacial score (nSPS) is 12.4. The van der Waals surface area contributed by atoms with Gasteiger partial charge in [0.15, 0.2) is 6.10 Å². The third-order valence-corrected chi connectivity index (χ3v) is 14.3. The van der Waals surface area contributed by atoms with Crippen molar-refractivity contribution in [3.8, 4) is 0 Å². The third kappa shape index (κ3) is 60.0. The Morgan fingerprint density at radius 3 is 0.824 bits per heavy atom. The van der Waals surface area contributed by atoms with E-state index in [1.165, 1.54) is 225 Å². The highest BCUT2D eigenvalue weighted by atomic mass is 16.6. The molecule has 0 aliphatic carbocycles. The predicted molar refractivity (Wildman–Crippen MR) is 321 cm³/mol. The maximum atomic E-state index is 12.9. The topological polar surface area (TPSA) is 78.9 Å². The maximum absolute atomic E-state index is 12.9. The zero-order valence-electron chi connectivity index (χ0n) is 49.4. The molecule has 0 rings (SSSR count). The number of hydrogen-bond donors (Lipinski definition) is 0. The van der Waals surface area contributed by atoms with Crippen LogP contribution in [0.4, 0.5) is 0 Å². The molecule has 0 N–H and O–H groups in total. The Hall–Kier alpha value is -2.89. The van der Waals surface area contributed by atoms with Gasteiger partial charge in [0, 0.05) is 12.8 Å². The standard InChI is InChI=1S/C68H122O6/c1-4-7-10-13-16-19-22-25-28-30-31-32-33-34-35-36-37-38-41-43-46-49-52-55-58-61-67(70)73-64-65(63-72-66(69)60-57-54-51-48-45-42-39-27-24-21-18-15-12-9-6-3)74-68(71)62-59-56-53-50-47-44-40-29-26-23-20-17-14-11-8-5-2/h9,12,18,21,27,39,45,48,54,57,65H,4-8,10-11,13-17,19-20,22-26,28-38,40-44,46-47,49-53,55-56,58-64H2,1-3H3/b12-9-,21-18-,39-27-,48-45-,57-54-. The molecule has 0 aromatic rings. The van der Waals surface area contributed by atoms with Crippen LogP contribution >= 0.6 is 0 Å². The Kier molecular flexibility index (Phi) is 60.2. The highest BCUT2D eigenvalue weighted by Crippen LogP contribution is 2.18. The molecule has 1 unspecified atom stereocenters. The van der Waals surface area contributed by atoms with Gasteiger partial charge < -0.3 is 14.2 Å². The van der Waals surface area contributed by atoms with Crippen LogP contribution in [0.1, 0.15) is 335 Å². The first-order valence-electron chi connectivity index (χ1n) is 32.3. The van der Waals surface area contributed by atoms with Gasteiger partial charge in [-0.3, -0.25) is 14.4 Å². The summed E-state index contributed by atoms with van der Waals surface area (Å²) in [5, 5.41) is 0. The Bertz CT molecular complexity index is 1330. The van der Waals surface area contributed by atoms with E-state index in [2.05, 4.69) is 69.4 Å². The van der Waals surface area contributed by atoms with Crippen molar-refractivity contribution in [1.82, 2.24) is 0 Å². The van der Waals surface area contributed by atoms with Crippen LogP contribution < -0.4 is 0 Å². The van der Waals surface area contributed by atoms with Gasteiger partial charge in [-0.2, -0.15) is 0 Å². The van der Waals surface area contributed by atoms with Gasteiger partial charge in [-0.15, -0.1) is 0 Å². The van der Waals surface area contributed by atoms with E-state index < -0.39 is 12.1 Å². The predicted octanol–water partition coefficient (Wildman–Crippen LogP) is 21.9. The molecule has 0 radical (unpaired) electrons. The van der Waals surface area contributed by atoms with Gasteiger partial charge in [0.1, 0.15) is 13.2 Å².